The van der Waals surface area contributed by atoms with Crippen LogP contribution in [0.25, 0.3) is 0 Å². The lowest BCUT2D eigenvalue weighted by molar-refractivity contribution is 0.247. The molecule has 3 heteroatoms. The van der Waals surface area contributed by atoms with Crippen LogP contribution >= 0.6 is 0 Å². The van der Waals surface area contributed by atoms with Crippen molar-refractivity contribution < 1.29 is 4.42 Å². The lowest BCUT2D eigenvalue weighted by Crippen LogP contribution is -2.30. The van der Waals surface area contributed by atoms with Crippen LogP contribution in [0.4, 0.5) is 0 Å². The van der Waals surface area contributed by atoms with Gasteiger partial charge in [-0.2, -0.15) is 0 Å². The third kappa shape index (κ3) is 4.14. The van der Waals surface area contributed by atoms with Gasteiger partial charge < -0.3 is 14.2 Å². The van der Waals surface area contributed by atoms with Gasteiger partial charge in [-0.05, 0) is 71.5 Å². The average molecular weight is 250 g/mol. The number of furan rings is 1. The second-order valence-corrected chi connectivity index (χ2v) is 5.57. The average Bonchev–Trinajstić information content (AvgIpc) is 2.73. The van der Waals surface area contributed by atoms with Crippen molar-refractivity contribution in [1.29, 1.82) is 0 Å². The molecule has 0 amide bonds. The molecular weight excluding hydrogens is 224 g/mol. The molecule has 0 aromatic carbocycles. The lowest BCUT2D eigenvalue weighted by Gasteiger charge is -2.23. The molecule has 0 radical (unpaired) electrons. The summed E-state index contributed by atoms with van der Waals surface area (Å²) in [5, 5.41) is 0. The quantitative estimate of drug-likeness (QED) is 0.801. The van der Waals surface area contributed by atoms with Crippen molar-refractivity contribution in [3.05, 3.63) is 24.2 Å². The summed E-state index contributed by atoms with van der Waals surface area (Å²) in [5.41, 5.74) is 0. The number of nitrogens with zero attached hydrogens (tertiary/aromatic N) is 2. The predicted octanol–water partition coefficient (Wildman–Crippen LogP) is 2.63. The monoisotopic (exact) mass is 250 g/mol. The Labute approximate surface area is 111 Å². The van der Waals surface area contributed by atoms with Crippen molar-refractivity contribution in [1.82, 2.24) is 9.80 Å². The number of hydrogen-bond acceptors (Lipinski definition) is 3. The molecule has 0 unspecified atom stereocenters. The van der Waals surface area contributed by atoms with Crippen molar-refractivity contribution >= 4 is 0 Å². The normalized spacial score (nSPS) is 22.3. The van der Waals surface area contributed by atoms with Gasteiger partial charge in [0.2, 0.25) is 0 Å². The van der Waals surface area contributed by atoms with Gasteiger partial charge in [-0.1, -0.05) is 0 Å². The lowest BCUT2D eigenvalue weighted by atomic mass is 10.1. The predicted molar refractivity (Wildman–Crippen MR) is 74.8 cm³/mol. The first-order valence-electron chi connectivity index (χ1n) is 7.17. The Hall–Kier alpha value is -0.800. The van der Waals surface area contributed by atoms with Crippen LogP contribution in [0, 0.1) is 0 Å². The minimum Gasteiger partial charge on any atom is -0.469 e. The first-order chi connectivity index (χ1) is 8.75. The number of rotatable bonds is 5. The second-order valence-electron chi connectivity index (χ2n) is 5.57. The van der Waals surface area contributed by atoms with Crippen LogP contribution in [0.15, 0.2) is 22.8 Å². The Morgan fingerprint density at radius 3 is 2.94 bits per heavy atom. The SMILES string of the molecule is CN(C)[C@@H]1CCCN(CCCc2ccco2)CC1. The van der Waals surface area contributed by atoms with Crippen molar-refractivity contribution in [2.24, 2.45) is 0 Å². The second kappa shape index (κ2) is 6.95. The Kier molecular flexibility index (Phi) is 5.26. The molecular formula is C15H26N2O. The van der Waals surface area contributed by atoms with Crippen LogP contribution in [0.5, 0.6) is 0 Å². The maximum absolute atomic E-state index is 5.37. The fourth-order valence-corrected chi connectivity index (χ4v) is 2.81. The van der Waals surface area contributed by atoms with Crippen LogP contribution in [-0.4, -0.2) is 49.6 Å². The molecule has 1 aliphatic heterocycles. The van der Waals surface area contributed by atoms with Gasteiger partial charge in [0.05, 0.1) is 6.26 Å². The van der Waals surface area contributed by atoms with Crippen LogP contribution < -0.4 is 0 Å². The zero-order valence-corrected chi connectivity index (χ0v) is 11.8. The van der Waals surface area contributed by atoms with E-state index in [0.717, 1.165) is 18.2 Å². The first-order valence-corrected chi connectivity index (χ1v) is 7.17. The first kappa shape index (κ1) is 13.6. The van der Waals surface area contributed by atoms with Gasteiger partial charge >= 0.3 is 0 Å². The van der Waals surface area contributed by atoms with Gasteiger partial charge in [0, 0.05) is 12.5 Å². The van der Waals surface area contributed by atoms with Crippen LogP contribution in [0.2, 0.25) is 0 Å². The molecule has 0 spiro atoms. The maximum Gasteiger partial charge on any atom is 0.103 e. The van der Waals surface area contributed by atoms with E-state index >= 15 is 0 Å². The summed E-state index contributed by atoms with van der Waals surface area (Å²) in [5.74, 6) is 1.12. The molecule has 1 aliphatic rings. The number of hydrogen-bond donors (Lipinski definition) is 0. The zero-order valence-electron chi connectivity index (χ0n) is 11.8. The highest BCUT2D eigenvalue weighted by molar-refractivity contribution is 4.97. The number of aryl methyl sites for hydroxylation is 1. The summed E-state index contributed by atoms with van der Waals surface area (Å²) in [7, 11) is 4.41. The van der Waals surface area contributed by atoms with E-state index in [1.165, 1.54) is 45.3 Å². The molecule has 2 heterocycles. The van der Waals surface area contributed by atoms with Crippen LogP contribution in [0.3, 0.4) is 0 Å². The van der Waals surface area contributed by atoms with E-state index in [1.54, 1.807) is 6.26 Å². The third-order valence-electron chi connectivity index (χ3n) is 4.00. The summed E-state index contributed by atoms with van der Waals surface area (Å²) < 4.78 is 5.37. The van der Waals surface area contributed by atoms with Gasteiger partial charge in [0.15, 0.2) is 0 Å². The molecule has 1 saturated heterocycles. The molecule has 1 atom stereocenters. The molecule has 1 fully saturated rings. The molecule has 0 aliphatic carbocycles. The molecule has 1 aromatic heterocycles. The highest BCUT2D eigenvalue weighted by Gasteiger charge is 2.17. The van der Waals surface area contributed by atoms with Gasteiger partial charge in [-0.15, -0.1) is 0 Å². The van der Waals surface area contributed by atoms with Gasteiger partial charge in [0.25, 0.3) is 0 Å². The Morgan fingerprint density at radius 2 is 2.22 bits per heavy atom. The maximum atomic E-state index is 5.37. The fourth-order valence-electron chi connectivity index (χ4n) is 2.81. The molecule has 0 saturated carbocycles. The van der Waals surface area contributed by atoms with E-state index in [-0.39, 0.29) is 0 Å². The van der Waals surface area contributed by atoms with Crippen molar-refractivity contribution in [2.45, 2.75) is 38.1 Å². The summed E-state index contributed by atoms with van der Waals surface area (Å²) in [4.78, 5) is 5.00. The van der Waals surface area contributed by atoms with Gasteiger partial charge in [-0.3, -0.25) is 0 Å². The van der Waals surface area contributed by atoms with E-state index in [4.69, 9.17) is 4.42 Å². The van der Waals surface area contributed by atoms with E-state index in [9.17, 15) is 0 Å². The zero-order chi connectivity index (χ0) is 12.8. The van der Waals surface area contributed by atoms with Gasteiger partial charge in [0.1, 0.15) is 5.76 Å². The summed E-state index contributed by atoms with van der Waals surface area (Å²) in [6, 6.07) is 4.83. The smallest absolute Gasteiger partial charge is 0.103 e. The van der Waals surface area contributed by atoms with Gasteiger partial charge in [-0.25, -0.2) is 0 Å². The molecule has 102 valence electrons. The van der Waals surface area contributed by atoms with E-state index in [0.29, 0.717) is 0 Å². The highest BCUT2D eigenvalue weighted by Crippen LogP contribution is 2.15. The minimum absolute atomic E-state index is 0.778. The summed E-state index contributed by atoms with van der Waals surface area (Å²) in [6.07, 6.45) is 8.04. The molecule has 1 aromatic rings. The molecule has 18 heavy (non-hydrogen) atoms. The summed E-state index contributed by atoms with van der Waals surface area (Å²) in [6.45, 7) is 3.73. The van der Waals surface area contributed by atoms with E-state index in [1.807, 2.05) is 6.07 Å². The fraction of sp³-hybridized carbons (Fsp3) is 0.733. The van der Waals surface area contributed by atoms with E-state index in [2.05, 4.69) is 30.0 Å². The topological polar surface area (TPSA) is 19.6 Å². The van der Waals surface area contributed by atoms with E-state index < -0.39 is 0 Å². The summed E-state index contributed by atoms with van der Waals surface area (Å²) >= 11 is 0. The van der Waals surface area contributed by atoms with Crippen molar-refractivity contribution in [2.75, 3.05) is 33.7 Å². The standard InChI is InChI=1S/C15H26N2O/c1-16(2)14-6-3-10-17(12-9-14)11-4-7-15-8-5-13-18-15/h5,8,13-14H,3-4,6-7,9-12H2,1-2H3/t14-/m1/s1. The Bertz CT molecular complexity index is 321. The number of likely N-dealkylation sites (tertiary alicyclic amines) is 1. The molecule has 0 N–H and O–H groups in total. The van der Waals surface area contributed by atoms with Crippen molar-refractivity contribution in [3.8, 4) is 0 Å². The Morgan fingerprint density at radius 1 is 1.33 bits per heavy atom. The largest absolute Gasteiger partial charge is 0.469 e. The van der Waals surface area contributed by atoms with Crippen LogP contribution in [0.1, 0.15) is 31.4 Å². The molecule has 0 bridgehead atoms. The Balaban J connectivity index is 1.67. The molecule has 2 rings (SSSR count). The third-order valence-corrected chi connectivity index (χ3v) is 4.00. The van der Waals surface area contributed by atoms with Crippen molar-refractivity contribution in [3.63, 3.8) is 0 Å². The highest BCUT2D eigenvalue weighted by atomic mass is 16.3. The van der Waals surface area contributed by atoms with Crippen LogP contribution in [-0.2, 0) is 6.42 Å². The molecule has 3 nitrogen and oxygen atoms in total. The minimum atomic E-state index is 0.778.